The van der Waals surface area contributed by atoms with Crippen molar-refractivity contribution in [2.75, 3.05) is 20.2 Å². The van der Waals surface area contributed by atoms with Crippen molar-refractivity contribution >= 4 is 17.6 Å². The number of halogens is 1. The van der Waals surface area contributed by atoms with E-state index in [0.29, 0.717) is 23.9 Å². The topological polar surface area (TPSA) is 49.8 Å². The molecule has 0 saturated carbocycles. The molecule has 0 aromatic heterocycles. The number of aliphatic carboxylic acids is 1. The lowest BCUT2D eigenvalue weighted by molar-refractivity contribution is -0.137. The van der Waals surface area contributed by atoms with Crippen LogP contribution in [0.2, 0.25) is 5.02 Å². The van der Waals surface area contributed by atoms with Crippen LogP contribution in [0.4, 0.5) is 0 Å². The molecule has 0 heterocycles. The van der Waals surface area contributed by atoms with E-state index < -0.39 is 5.97 Å². The predicted molar refractivity (Wildman–Crippen MR) is 71.2 cm³/mol. The maximum Gasteiger partial charge on any atom is 0.304 e. The molecule has 0 aliphatic heterocycles. The second-order valence-electron chi connectivity index (χ2n) is 3.98. The number of carbonyl (C=O) groups is 1. The van der Waals surface area contributed by atoms with Crippen molar-refractivity contribution in [2.24, 2.45) is 0 Å². The van der Waals surface area contributed by atoms with Crippen molar-refractivity contribution in [3.8, 4) is 5.75 Å². The number of hydrogen-bond donors (Lipinski definition) is 1. The minimum absolute atomic E-state index is 0.151. The van der Waals surface area contributed by atoms with Crippen LogP contribution in [-0.4, -0.2) is 36.2 Å². The number of nitrogens with zero attached hydrogens (tertiary/aromatic N) is 1. The molecule has 4 nitrogen and oxygen atoms in total. The fraction of sp³-hybridized carbons (Fsp3) is 0.462. The van der Waals surface area contributed by atoms with Gasteiger partial charge in [0.2, 0.25) is 0 Å². The van der Waals surface area contributed by atoms with Gasteiger partial charge in [-0.05, 0) is 24.2 Å². The summed E-state index contributed by atoms with van der Waals surface area (Å²) in [6.07, 6.45) is 0.151. The van der Waals surface area contributed by atoms with Gasteiger partial charge in [0.15, 0.2) is 0 Å². The first-order chi connectivity index (χ1) is 8.56. The van der Waals surface area contributed by atoms with Gasteiger partial charge in [-0.15, -0.1) is 0 Å². The molecule has 1 N–H and O–H groups in total. The Balaban J connectivity index is 2.64. The standard InChI is InChI=1S/C13H18ClNO3/c1-3-15(7-6-13(16)17)9-10-4-5-12(18-2)11(14)8-10/h4-5,8H,3,6-7,9H2,1-2H3,(H,16,17). The van der Waals surface area contributed by atoms with Gasteiger partial charge in [0.1, 0.15) is 5.75 Å². The monoisotopic (exact) mass is 271 g/mol. The molecule has 0 fully saturated rings. The molecule has 5 heteroatoms. The van der Waals surface area contributed by atoms with E-state index in [1.54, 1.807) is 7.11 Å². The summed E-state index contributed by atoms with van der Waals surface area (Å²) < 4.78 is 5.09. The molecular weight excluding hydrogens is 254 g/mol. The lowest BCUT2D eigenvalue weighted by Gasteiger charge is -2.19. The summed E-state index contributed by atoms with van der Waals surface area (Å²) in [5.41, 5.74) is 1.05. The summed E-state index contributed by atoms with van der Waals surface area (Å²) in [4.78, 5) is 12.6. The van der Waals surface area contributed by atoms with Crippen molar-refractivity contribution < 1.29 is 14.6 Å². The van der Waals surface area contributed by atoms with Gasteiger partial charge in [-0.3, -0.25) is 9.69 Å². The van der Waals surface area contributed by atoms with Crippen LogP contribution in [0.5, 0.6) is 5.75 Å². The Morgan fingerprint density at radius 1 is 1.50 bits per heavy atom. The van der Waals surface area contributed by atoms with E-state index in [1.807, 2.05) is 25.1 Å². The Morgan fingerprint density at radius 2 is 2.22 bits per heavy atom. The number of methoxy groups -OCH3 is 1. The molecule has 0 atom stereocenters. The second kappa shape index (κ2) is 7.24. The average molecular weight is 272 g/mol. The van der Waals surface area contributed by atoms with Crippen LogP contribution in [0, 0.1) is 0 Å². The molecule has 0 amide bonds. The van der Waals surface area contributed by atoms with Crippen LogP contribution < -0.4 is 4.74 Å². The molecule has 0 unspecified atom stereocenters. The molecule has 18 heavy (non-hydrogen) atoms. The van der Waals surface area contributed by atoms with Gasteiger partial charge in [0.05, 0.1) is 18.6 Å². The third-order valence-corrected chi connectivity index (χ3v) is 3.01. The smallest absolute Gasteiger partial charge is 0.304 e. The Kier molecular flexibility index (Phi) is 5.95. The molecule has 1 aromatic carbocycles. The fourth-order valence-corrected chi connectivity index (χ4v) is 1.95. The van der Waals surface area contributed by atoms with Crippen molar-refractivity contribution in [3.05, 3.63) is 28.8 Å². The maximum absolute atomic E-state index is 10.5. The summed E-state index contributed by atoms with van der Waals surface area (Å²) in [6, 6.07) is 5.61. The van der Waals surface area contributed by atoms with Gasteiger partial charge in [-0.2, -0.15) is 0 Å². The average Bonchev–Trinajstić information content (AvgIpc) is 2.34. The van der Waals surface area contributed by atoms with Crippen LogP contribution >= 0.6 is 11.6 Å². The van der Waals surface area contributed by atoms with Gasteiger partial charge in [-0.25, -0.2) is 0 Å². The van der Waals surface area contributed by atoms with Crippen molar-refractivity contribution in [1.29, 1.82) is 0 Å². The molecule has 0 spiro atoms. The van der Waals surface area contributed by atoms with Gasteiger partial charge >= 0.3 is 5.97 Å². The van der Waals surface area contributed by atoms with Crippen LogP contribution in [0.1, 0.15) is 18.9 Å². The third-order valence-electron chi connectivity index (χ3n) is 2.71. The highest BCUT2D eigenvalue weighted by atomic mass is 35.5. The lowest BCUT2D eigenvalue weighted by atomic mass is 10.2. The van der Waals surface area contributed by atoms with Crippen molar-refractivity contribution in [1.82, 2.24) is 4.90 Å². The van der Waals surface area contributed by atoms with E-state index in [4.69, 9.17) is 21.4 Å². The second-order valence-corrected chi connectivity index (χ2v) is 4.39. The van der Waals surface area contributed by atoms with Gasteiger partial charge in [0.25, 0.3) is 0 Å². The molecule has 0 aliphatic carbocycles. The first-order valence-corrected chi connectivity index (χ1v) is 6.21. The number of carboxylic acid groups (broad SMARTS) is 1. The highest BCUT2D eigenvalue weighted by Gasteiger charge is 2.08. The summed E-state index contributed by atoms with van der Waals surface area (Å²) in [7, 11) is 1.58. The Bertz CT molecular complexity index is 409. The highest BCUT2D eigenvalue weighted by Crippen LogP contribution is 2.25. The Hall–Kier alpha value is -1.26. The highest BCUT2D eigenvalue weighted by molar-refractivity contribution is 6.32. The summed E-state index contributed by atoms with van der Waals surface area (Å²) >= 11 is 6.05. The summed E-state index contributed by atoms with van der Waals surface area (Å²) in [5.74, 6) is -0.129. The molecular formula is C13H18ClNO3. The molecule has 100 valence electrons. The first-order valence-electron chi connectivity index (χ1n) is 5.83. The third kappa shape index (κ3) is 4.55. The van der Waals surface area contributed by atoms with Crippen LogP contribution in [0.3, 0.4) is 0 Å². The summed E-state index contributed by atoms with van der Waals surface area (Å²) in [5, 5.41) is 9.25. The number of carboxylic acids is 1. The zero-order valence-electron chi connectivity index (χ0n) is 10.6. The SMILES string of the molecule is CCN(CCC(=O)O)Cc1ccc(OC)c(Cl)c1. The largest absolute Gasteiger partial charge is 0.495 e. The lowest BCUT2D eigenvalue weighted by Crippen LogP contribution is -2.25. The van der Waals surface area contributed by atoms with Gasteiger partial charge in [0, 0.05) is 13.1 Å². The molecule has 0 aliphatic rings. The van der Waals surface area contributed by atoms with E-state index in [-0.39, 0.29) is 6.42 Å². The minimum atomic E-state index is -0.777. The molecule has 0 radical (unpaired) electrons. The van der Waals surface area contributed by atoms with Crippen LogP contribution in [0.25, 0.3) is 0 Å². The number of rotatable bonds is 7. The number of benzene rings is 1. The number of ether oxygens (including phenoxy) is 1. The van der Waals surface area contributed by atoms with E-state index in [9.17, 15) is 4.79 Å². The van der Waals surface area contributed by atoms with Crippen molar-refractivity contribution in [2.45, 2.75) is 19.9 Å². The van der Waals surface area contributed by atoms with Gasteiger partial charge in [-0.1, -0.05) is 24.6 Å². The Labute approximate surface area is 112 Å². The summed E-state index contributed by atoms with van der Waals surface area (Å²) in [6.45, 7) is 4.03. The molecule has 1 rings (SSSR count). The van der Waals surface area contributed by atoms with E-state index in [2.05, 4.69) is 4.90 Å². The van der Waals surface area contributed by atoms with E-state index >= 15 is 0 Å². The minimum Gasteiger partial charge on any atom is -0.495 e. The van der Waals surface area contributed by atoms with Gasteiger partial charge < -0.3 is 9.84 Å². The Morgan fingerprint density at radius 3 is 2.72 bits per heavy atom. The quantitative estimate of drug-likeness (QED) is 0.828. The zero-order valence-corrected chi connectivity index (χ0v) is 11.4. The normalized spacial score (nSPS) is 10.7. The first kappa shape index (κ1) is 14.8. The van der Waals surface area contributed by atoms with Crippen molar-refractivity contribution in [3.63, 3.8) is 0 Å². The predicted octanol–water partition coefficient (Wildman–Crippen LogP) is 2.65. The van der Waals surface area contributed by atoms with Crippen LogP contribution in [0.15, 0.2) is 18.2 Å². The van der Waals surface area contributed by atoms with E-state index in [1.165, 1.54) is 0 Å². The molecule has 0 bridgehead atoms. The molecule has 0 saturated heterocycles. The zero-order chi connectivity index (χ0) is 13.5. The number of hydrogen-bond acceptors (Lipinski definition) is 3. The van der Waals surface area contributed by atoms with Crippen LogP contribution in [-0.2, 0) is 11.3 Å². The molecule has 1 aromatic rings. The maximum atomic E-state index is 10.5. The van der Waals surface area contributed by atoms with E-state index in [0.717, 1.165) is 12.1 Å². The fourth-order valence-electron chi connectivity index (χ4n) is 1.67.